The third-order valence-corrected chi connectivity index (χ3v) is 2.08. The maximum absolute atomic E-state index is 12.7. The number of hydrogen-bond donors (Lipinski definition) is 0. The average Bonchev–Trinajstić information content (AvgIpc) is 2.62. The van der Waals surface area contributed by atoms with Gasteiger partial charge in [0.25, 0.3) is 6.43 Å². The Labute approximate surface area is 86.2 Å². The summed E-state index contributed by atoms with van der Waals surface area (Å²) in [7, 11) is 0. The van der Waals surface area contributed by atoms with Crippen LogP contribution in [0.1, 0.15) is 17.8 Å². The minimum absolute atomic E-state index is 0.0706. The van der Waals surface area contributed by atoms with Gasteiger partial charge in [-0.1, -0.05) is 18.2 Å². The fraction of sp³-hybridized carbons (Fsp3) is 0.182. The second-order valence-electron chi connectivity index (χ2n) is 3.26. The molecule has 0 radical (unpaired) electrons. The van der Waals surface area contributed by atoms with Crippen molar-refractivity contribution in [2.45, 2.75) is 13.3 Å². The fourth-order valence-electron chi connectivity index (χ4n) is 1.45. The lowest BCUT2D eigenvalue weighted by Gasteiger charge is -2.05. The second kappa shape index (κ2) is 3.81. The van der Waals surface area contributed by atoms with Crippen molar-refractivity contribution < 1.29 is 8.78 Å². The van der Waals surface area contributed by atoms with Gasteiger partial charge in [-0.3, -0.25) is 0 Å². The first-order valence-electron chi connectivity index (χ1n) is 4.58. The molecule has 0 bridgehead atoms. The van der Waals surface area contributed by atoms with Crippen LogP contribution in [0.2, 0.25) is 0 Å². The standard InChI is InChI=1S/C11H10F2N2/c1-8-7-10(11(12)13)15(14-8)9-5-3-2-4-6-9/h2-7,11H,1H3. The molecule has 0 atom stereocenters. The van der Waals surface area contributed by atoms with E-state index in [-0.39, 0.29) is 5.69 Å². The van der Waals surface area contributed by atoms with E-state index in [0.29, 0.717) is 11.4 Å². The summed E-state index contributed by atoms with van der Waals surface area (Å²) in [6.45, 7) is 1.70. The van der Waals surface area contributed by atoms with Crippen molar-refractivity contribution in [3.63, 3.8) is 0 Å². The largest absolute Gasteiger partial charge is 0.280 e. The molecule has 0 spiro atoms. The Hall–Kier alpha value is -1.71. The number of nitrogens with zero attached hydrogens (tertiary/aromatic N) is 2. The number of alkyl halides is 2. The van der Waals surface area contributed by atoms with Crippen molar-refractivity contribution in [1.29, 1.82) is 0 Å². The van der Waals surface area contributed by atoms with Crippen LogP contribution in [0.5, 0.6) is 0 Å². The summed E-state index contributed by atoms with van der Waals surface area (Å²) < 4.78 is 26.6. The fourth-order valence-corrected chi connectivity index (χ4v) is 1.45. The third-order valence-electron chi connectivity index (χ3n) is 2.08. The average molecular weight is 208 g/mol. The van der Waals surface area contributed by atoms with Gasteiger partial charge in [-0.15, -0.1) is 0 Å². The lowest BCUT2D eigenvalue weighted by atomic mass is 10.3. The summed E-state index contributed by atoms with van der Waals surface area (Å²) in [5.41, 5.74) is 1.17. The number of aromatic nitrogens is 2. The number of halogens is 2. The van der Waals surface area contributed by atoms with Crippen molar-refractivity contribution in [2.75, 3.05) is 0 Å². The van der Waals surface area contributed by atoms with Crippen LogP contribution < -0.4 is 0 Å². The van der Waals surface area contributed by atoms with Gasteiger partial charge in [0, 0.05) is 0 Å². The molecule has 0 aliphatic carbocycles. The normalized spacial score (nSPS) is 10.9. The Morgan fingerprint density at radius 1 is 1.20 bits per heavy atom. The Morgan fingerprint density at radius 3 is 2.47 bits per heavy atom. The van der Waals surface area contributed by atoms with E-state index in [2.05, 4.69) is 5.10 Å². The smallest absolute Gasteiger partial charge is 0.232 e. The summed E-state index contributed by atoms with van der Waals surface area (Å²) in [5.74, 6) is 0. The zero-order chi connectivity index (χ0) is 10.8. The second-order valence-corrected chi connectivity index (χ2v) is 3.26. The highest BCUT2D eigenvalue weighted by Gasteiger charge is 2.15. The van der Waals surface area contributed by atoms with Crippen LogP contribution in [0, 0.1) is 6.92 Å². The highest BCUT2D eigenvalue weighted by molar-refractivity contribution is 5.33. The van der Waals surface area contributed by atoms with Crippen molar-refractivity contribution in [1.82, 2.24) is 9.78 Å². The summed E-state index contributed by atoms with van der Waals surface area (Å²) in [5, 5.41) is 4.04. The molecule has 15 heavy (non-hydrogen) atoms. The molecule has 4 heteroatoms. The number of benzene rings is 1. The summed E-state index contributed by atoms with van der Waals surface area (Å²) in [6, 6.07) is 10.3. The molecule has 2 rings (SSSR count). The van der Waals surface area contributed by atoms with E-state index in [1.807, 2.05) is 6.07 Å². The zero-order valence-electron chi connectivity index (χ0n) is 8.19. The molecule has 0 fully saturated rings. The van der Waals surface area contributed by atoms with E-state index >= 15 is 0 Å². The van der Waals surface area contributed by atoms with Gasteiger partial charge in [0.1, 0.15) is 5.69 Å². The first-order chi connectivity index (χ1) is 7.18. The molecule has 1 aromatic carbocycles. The van der Waals surface area contributed by atoms with Gasteiger partial charge in [0.2, 0.25) is 0 Å². The van der Waals surface area contributed by atoms with E-state index in [4.69, 9.17) is 0 Å². The highest BCUT2D eigenvalue weighted by Crippen LogP contribution is 2.22. The molecule has 0 amide bonds. The first kappa shape index (κ1) is 9.83. The van der Waals surface area contributed by atoms with Crippen LogP contribution in [-0.4, -0.2) is 9.78 Å². The maximum atomic E-state index is 12.7. The number of para-hydroxylation sites is 1. The van der Waals surface area contributed by atoms with Gasteiger partial charge >= 0.3 is 0 Å². The van der Waals surface area contributed by atoms with E-state index in [1.54, 1.807) is 31.2 Å². The molecular weight excluding hydrogens is 198 g/mol. The zero-order valence-corrected chi connectivity index (χ0v) is 8.19. The van der Waals surface area contributed by atoms with Crippen LogP contribution in [-0.2, 0) is 0 Å². The van der Waals surface area contributed by atoms with Gasteiger partial charge < -0.3 is 0 Å². The molecule has 2 nitrogen and oxygen atoms in total. The summed E-state index contributed by atoms with van der Waals surface area (Å²) in [6.07, 6.45) is -2.51. The highest BCUT2D eigenvalue weighted by atomic mass is 19.3. The Morgan fingerprint density at radius 2 is 1.87 bits per heavy atom. The topological polar surface area (TPSA) is 17.8 Å². The van der Waals surface area contributed by atoms with Gasteiger partial charge in [-0.05, 0) is 25.1 Å². The lowest BCUT2D eigenvalue weighted by molar-refractivity contribution is 0.143. The molecule has 0 saturated heterocycles. The van der Waals surface area contributed by atoms with Crippen molar-refractivity contribution in [3.05, 3.63) is 47.8 Å². The van der Waals surface area contributed by atoms with Crippen molar-refractivity contribution >= 4 is 0 Å². The molecule has 1 aromatic heterocycles. The Bertz CT molecular complexity index is 449. The molecule has 0 N–H and O–H groups in total. The number of aryl methyl sites for hydroxylation is 1. The van der Waals surface area contributed by atoms with Crippen LogP contribution in [0.3, 0.4) is 0 Å². The molecule has 0 aliphatic rings. The minimum atomic E-state index is -2.51. The van der Waals surface area contributed by atoms with Crippen LogP contribution in [0.15, 0.2) is 36.4 Å². The molecule has 1 heterocycles. The quantitative estimate of drug-likeness (QED) is 0.741. The van der Waals surface area contributed by atoms with E-state index in [1.165, 1.54) is 10.7 Å². The van der Waals surface area contributed by atoms with Gasteiger partial charge in [-0.25, -0.2) is 13.5 Å². The van der Waals surface area contributed by atoms with Gasteiger partial charge in [-0.2, -0.15) is 5.10 Å². The van der Waals surface area contributed by atoms with Crippen LogP contribution in [0.4, 0.5) is 8.78 Å². The predicted molar refractivity (Wildman–Crippen MR) is 53.3 cm³/mol. The molecule has 0 saturated carbocycles. The van der Waals surface area contributed by atoms with Crippen molar-refractivity contribution in [2.24, 2.45) is 0 Å². The third kappa shape index (κ3) is 1.88. The molecule has 0 unspecified atom stereocenters. The summed E-state index contributed by atoms with van der Waals surface area (Å²) >= 11 is 0. The predicted octanol–water partition coefficient (Wildman–Crippen LogP) is 3.12. The SMILES string of the molecule is Cc1cc(C(F)F)n(-c2ccccc2)n1. The minimum Gasteiger partial charge on any atom is -0.232 e. The molecular formula is C11H10F2N2. The van der Waals surface area contributed by atoms with E-state index in [0.717, 1.165) is 0 Å². The van der Waals surface area contributed by atoms with E-state index in [9.17, 15) is 8.78 Å². The molecule has 78 valence electrons. The van der Waals surface area contributed by atoms with Gasteiger partial charge in [0.15, 0.2) is 0 Å². The Balaban J connectivity index is 2.53. The maximum Gasteiger partial charge on any atom is 0.280 e. The van der Waals surface area contributed by atoms with Crippen LogP contribution >= 0.6 is 0 Å². The summed E-state index contributed by atoms with van der Waals surface area (Å²) in [4.78, 5) is 0. The number of hydrogen-bond acceptors (Lipinski definition) is 1. The molecule has 0 aliphatic heterocycles. The van der Waals surface area contributed by atoms with Crippen LogP contribution in [0.25, 0.3) is 5.69 Å². The Kier molecular flexibility index (Phi) is 2.49. The molecule has 2 aromatic rings. The number of rotatable bonds is 2. The lowest BCUT2D eigenvalue weighted by Crippen LogP contribution is -2.02. The first-order valence-corrected chi connectivity index (χ1v) is 4.58. The van der Waals surface area contributed by atoms with E-state index < -0.39 is 6.43 Å². The van der Waals surface area contributed by atoms with Gasteiger partial charge in [0.05, 0.1) is 11.4 Å². The monoisotopic (exact) mass is 208 g/mol. The van der Waals surface area contributed by atoms with Crippen molar-refractivity contribution in [3.8, 4) is 5.69 Å².